The number of rotatable bonds is 7. The molecule has 0 bridgehead atoms. The number of piperidine rings is 1. The predicted octanol–water partition coefficient (Wildman–Crippen LogP) is 4.50. The number of likely N-dealkylation sites (tertiary alicyclic amines) is 1. The third-order valence-corrected chi connectivity index (χ3v) is 5.76. The Morgan fingerprint density at radius 2 is 1.94 bits per heavy atom. The molecule has 8 heteroatoms. The lowest BCUT2D eigenvalue weighted by molar-refractivity contribution is -0.121. The van der Waals surface area contributed by atoms with Gasteiger partial charge in [-0.3, -0.25) is 18.5 Å². The maximum Gasteiger partial charge on any atom is 0.231 e. The first-order chi connectivity index (χ1) is 15.5. The highest BCUT2D eigenvalue weighted by Crippen LogP contribution is 2.28. The van der Waals surface area contributed by atoms with Crippen LogP contribution >= 0.6 is 0 Å². The average molecular weight is 439 g/mol. The lowest BCUT2D eigenvalue weighted by Gasteiger charge is -2.27. The average Bonchev–Trinajstić information content (AvgIpc) is 3.21. The van der Waals surface area contributed by atoms with Crippen LogP contribution in [0.15, 0.2) is 48.8 Å². The van der Waals surface area contributed by atoms with Gasteiger partial charge in [0.2, 0.25) is 11.8 Å². The van der Waals surface area contributed by atoms with E-state index in [1.165, 1.54) is 4.57 Å². The smallest absolute Gasteiger partial charge is 0.231 e. The van der Waals surface area contributed by atoms with Crippen molar-refractivity contribution in [1.82, 2.24) is 14.5 Å². The molecule has 3 heterocycles. The van der Waals surface area contributed by atoms with Gasteiger partial charge in [0.05, 0.1) is 12.2 Å². The molecule has 7 nitrogen and oxygen atoms in total. The summed E-state index contributed by atoms with van der Waals surface area (Å²) in [4.78, 5) is 31.2. The van der Waals surface area contributed by atoms with Crippen molar-refractivity contribution in [1.29, 1.82) is 0 Å². The molecule has 0 spiro atoms. The lowest BCUT2D eigenvalue weighted by Crippen LogP contribution is -2.36. The fourth-order valence-corrected chi connectivity index (χ4v) is 3.92. The van der Waals surface area contributed by atoms with Crippen molar-refractivity contribution in [2.24, 2.45) is 5.92 Å². The largest absolute Gasteiger partial charge is 0.457 e. The first kappa shape index (κ1) is 22.0. The van der Waals surface area contributed by atoms with E-state index in [4.69, 9.17) is 4.74 Å². The zero-order valence-electron chi connectivity index (χ0n) is 18.1. The van der Waals surface area contributed by atoms with Gasteiger partial charge in [0.1, 0.15) is 17.3 Å². The van der Waals surface area contributed by atoms with E-state index < -0.39 is 6.67 Å². The van der Waals surface area contributed by atoms with E-state index in [-0.39, 0.29) is 30.6 Å². The minimum absolute atomic E-state index is 0.00312. The zero-order chi connectivity index (χ0) is 22.5. The molecule has 4 rings (SSSR count). The van der Waals surface area contributed by atoms with Crippen LogP contribution in [0.5, 0.6) is 11.5 Å². The molecule has 0 aliphatic carbocycles. The fourth-order valence-electron chi connectivity index (χ4n) is 3.92. The molecule has 0 atom stereocenters. The van der Waals surface area contributed by atoms with E-state index >= 15 is 0 Å². The summed E-state index contributed by atoms with van der Waals surface area (Å²) in [5, 5.41) is 3.75. The van der Waals surface area contributed by atoms with E-state index in [0.29, 0.717) is 17.3 Å². The number of aromatic nitrogens is 2. The molecule has 1 aliphatic heterocycles. The van der Waals surface area contributed by atoms with Crippen LogP contribution in [0.3, 0.4) is 0 Å². The molecule has 3 aromatic rings. The Hall–Kier alpha value is -3.26. The summed E-state index contributed by atoms with van der Waals surface area (Å²) < 4.78 is 19.9. The second-order valence-electron chi connectivity index (χ2n) is 8.14. The number of carbonyl (C=O) groups excluding carboxylic acids is 2. The van der Waals surface area contributed by atoms with E-state index in [0.717, 1.165) is 36.8 Å². The van der Waals surface area contributed by atoms with Crippen molar-refractivity contribution in [3.63, 3.8) is 0 Å². The van der Waals surface area contributed by atoms with Crippen LogP contribution in [-0.2, 0) is 4.79 Å². The Morgan fingerprint density at radius 3 is 2.72 bits per heavy atom. The number of fused-ring (bicyclic) bond motifs is 1. The Labute approximate surface area is 186 Å². The standard InChI is InChI=1S/C24H27FN4O3/c1-28-12-7-17(8-13-28)24(31)27-22-16-20(6-11-26-22)32-19-4-5-21-18(15-19)9-14-29(21)23(30)3-2-10-25/h4-6,9,11,14-17H,2-3,7-8,10,12-13H2,1H3,(H,26,27,31). The maximum absolute atomic E-state index is 12.6. The summed E-state index contributed by atoms with van der Waals surface area (Å²) in [6.45, 7) is 1.33. The molecule has 1 aliphatic rings. The second kappa shape index (κ2) is 9.91. The van der Waals surface area contributed by atoms with E-state index in [1.807, 2.05) is 18.2 Å². The molecule has 32 heavy (non-hydrogen) atoms. The van der Waals surface area contributed by atoms with E-state index in [1.54, 1.807) is 30.6 Å². The van der Waals surface area contributed by atoms with Crippen LogP contribution in [-0.4, -0.2) is 53.1 Å². The lowest BCUT2D eigenvalue weighted by atomic mass is 9.96. The van der Waals surface area contributed by atoms with Gasteiger partial charge in [0, 0.05) is 36.2 Å². The number of halogens is 1. The second-order valence-corrected chi connectivity index (χ2v) is 8.14. The molecule has 1 fully saturated rings. The normalized spacial score (nSPS) is 15.1. The highest BCUT2D eigenvalue weighted by atomic mass is 19.1. The highest BCUT2D eigenvalue weighted by Gasteiger charge is 2.23. The molecular formula is C24H27FN4O3. The molecule has 168 valence electrons. The Bertz CT molecular complexity index is 1110. The Kier molecular flexibility index (Phi) is 6.80. The third-order valence-electron chi connectivity index (χ3n) is 5.76. The fraction of sp³-hybridized carbons (Fsp3) is 0.375. The van der Waals surface area contributed by atoms with Gasteiger partial charge in [-0.15, -0.1) is 0 Å². The number of ether oxygens (including phenoxy) is 1. The third kappa shape index (κ3) is 5.13. The number of anilines is 1. The topological polar surface area (TPSA) is 76.5 Å². The van der Waals surface area contributed by atoms with Crippen LogP contribution in [0.2, 0.25) is 0 Å². The molecule has 0 radical (unpaired) electrons. The summed E-state index contributed by atoms with van der Waals surface area (Å²) in [5.41, 5.74) is 0.752. The summed E-state index contributed by atoms with van der Waals surface area (Å²) >= 11 is 0. The number of amides is 1. The van der Waals surface area contributed by atoms with Crippen molar-refractivity contribution in [2.45, 2.75) is 25.7 Å². The van der Waals surface area contributed by atoms with Crippen molar-refractivity contribution >= 4 is 28.5 Å². The van der Waals surface area contributed by atoms with Gasteiger partial charge in [-0.25, -0.2) is 4.98 Å². The van der Waals surface area contributed by atoms with Gasteiger partial charge in [0.15, 0.2) is 0 Å². The van der Waals surface area contributed by atoms with Crippen LogP contribution in [0.4, 0.5) is 10.2 Å². The van der Waals surface area contributed by atoms with Gasteiger partial charge >= 0.3 is 0 Å². The van der Waals surface area contributed by atoms with E-state index in [2.05, 4.69) is 22.2 Å². The number of carbonyl (C=O) groups is 2. The zero-order valence-corrected chi connectivity index (χ0v) is 18.1. The molecule has 0 unspecified atom stereocenters. The molecule has 1 aromatic carbocycles. The summed E-state index contributed by atoms with van der Waals surface area (Å²) in [7, 11) is 2.06. The maximum atomic E-state index is 12.6. The van der Waals surface area contributed by atoms with Crippen LogP contribution in [0, 0.1) is 5.92 Å². The molecule has 2 aromatic heterocycles. The summed E-state index contributed by atoms with van der Waals surface area (Å²) in [6.07, 6.45) is 5.36. The van der Waals surface area contributed by atoms with E-state index in [9.17, 15) is 14.0 Å². The van der Waals surface area contributed by atoms with Crippen molar-refractivity contribution < 1.29 is 18.7 Å². The first-order valence-corrected chi connectivity index (χ1v) is 10.9. The number of nitrogens with one attached hydrogen (secondary N) is 1. The van der Waals surface area contributed by atoms with Gasteiger partial charge in [0.25, 0.3) is 0 Å². The van der Waals surface area contributed by atoms with Crippen molar-refractivity contribution in [2.75, 3.05) is 32.1 Å². The van der Waals surface area contributed by atoms with Crippen LogP contribution in [0.1, 0.15) is 30.5 Å². The first-order valence-electron chi connectivity index (χ1n) is 10.9. The van der Waals surface area contributed by atoms with Gasteiger partial charge in [-0.05, 0) is 69.7 Å². The predicted molar refractivity (Wildman–Crippen MR) is 121 cm³/mol. The minimum Gasteiger partial charge on any atom is -0.457 e. The number of nitrogens with zero attached hydrogens (tertiary/aromatic N) is 3. The van der Waals surface area contributed by atoms with Gasteiger partial charge in [-0.2, -0.15) is 0 Å². The monoisotopic (exact) mass is 438 g/mol. The number of hydrogen-bond acceptors (Lipinski definition) is 5. The van der Waals surface area contributed by atoms with Crippen LogP contribution < -0.4 is 10.1 Å². The molecule has 0 saturated carbocycles. The number of pyridine rings is 1. The molecule has 1 N–H and O–H groups in total. The van der Waals surface area contributed by atoms with Crippen molar-refractivity contribution in [3.05, 3.63) is 48.8 Å². The SMILES string of the molecule is CN1CCC(C(=O)Nc2cc(Oc3ccc4c(ccn4C(=O)CCCF)c3)ccn2)CC1. The quantitative estimate of drug-likeness (QED) is 0.588. The highest BCUT2D eigenvalue weighted by molar-refractivity contribution is 5.93. The van der Waals surface area contributed by atoms with Gasteiger partial charge < -0.3 is 15.0 Å². The minimum atomic E-state index is -0.505. The number of benzene rings is 1. The molecule has 1 amide bonds. The molecular weight excluding hydrogens is 411 g/mol. The molecule has 1 saturated heterocycles. The van der Waals surface area contributed by atoms with Crippen molar-refractivity contribution in [3.8, 4) is 11.5 Å². The summed E-state index contributed by atoms with van der Waals surface area (Å²) in [6, 6.07) is 10.7. The summed E-state index contributed by atoms with van der Waals surface area (Å²) in [5.74, 6) is 1.46. The number of alkyl halides is 1. The number of hydrogen-bond donors (Lipinski definition) is 1. The van der Waals surface area contributed by atoms with Gasteiger partial charge in [-0.1, -0.05) is 0 Å². The Morgan fingerprint density at radius 1 is 1.16 bits per heavy atom. The van der Waals surface area contributed by atoms with Crippen LogP contribution in [0.25, 0.3) is 10.9 Å². The Balaban J connectivity index is 1.43.